The smallest absolute Gasteiger partial charge is 0.122 e. The third-order valence-electron chi connectivity index (χ3n) is 3.24. The van der Waals surface area contributed by atoms with Gasteiger partial charge in [-0.15, -0.1) is 11.3 Å². The van der Waals surface area contributed by atoms with Crippen molar-refractivity contribution in [1.82, 2.24) is 10.3 Å². The van der Waals surface area contributed by atoms with Crippen LogP contribution in [0.3, 0.4) is 0 Å². The fraction of sp³-hybridized carbons (Fsp3) is 0.400. The number of thiazole rings is 1. The van der Waals surface area contributed by atoms with Gasteiger partial charge in [-0.1, -0.05) is 11.6 Å². The Kier molecular flexibility index (Phi) is 5.40. The van der Waals surface area contributed by atoms with E-state index in [1.54, 1.807) is 18.4 Å². The standard InChI is InChI=1S/C15H19ClN2OS/c1-10-18-14(9-20-10)8-13(17-2)7-11-6-12(16)4-5-15(11)19-3/h4-6,9,13,17H,7-8H2,1-3H3. The van der Waals surface area contributed by atoms with Crippen LogP contribution in [0.2, 0.25) is 5.02 Å². The number of benzene rings is 1. The molecular formula is C15H19ClN2OS. The summed E-state index contributed by atoms with van der Waals surface area (Å²) >= 11 is 7.77. The van der Waals surface area contributed by atoms with Gasteiger partial charge in [0, 0.05) is 22.9 Å². The van der Waals surface area contributed by atoms with Crippen molar-refractivity contribution in [2.75, 3.05) is 14.2 Å². The highest BCUT2D eigenvalue weighted by Gasteiger charge is 2.13. The zero-order chi connectivity index (χ0) is 14.5. The second-order valence-corrected chi connectivity index (χ2v) is 6.21. The number of nitrogens with zero attached hydrogens (tertiary/aromatic N) is 1. The van der Waals surface area contributed by atoms with Crippen LogP contribution >= 0.6 is 22.9 Å². The van der Waals surface area contributed by atoms with Crippen molar-refractivity contribution < 1.29 is 4.74 Å². The first kappa shape index (κ1) is 15.3. The number of nitrogens with one attached hydrogen (secondary N) is 1. The molecule has 0 saturated heterocycles. The van der Waals surface area contributed by atoms with Gasteiger partial charge in [-0.3, -0.25) is 0 Å². The van der Waals surface area contributed by atoms with Gasteiger partial charge in [0.1, 0.15) is 5.75 Å². The van der Waals surface area contributed by atoms with E-state index < -0.39 is 0 Å². The number of hydrogen-bond donors (Lipinski definition) is 1. The Labute approximate surface area is 129 Å². The van der Waals surface area contributed by atoms with E-state index in [0.717, 1.165) is 39.9 Å². The molecule has 1 heterocycles. The molecular weight excluding hydrogens is 292 g/mol. The molecule has 2 aromatic rings. The summed E-state index contributed by atoms with van der Waals surface area (Å²) < 4.78 is 5.40. The van der Waals surface area contributed by atoms with E-state index >= 15 is 0 Å². The minimum absolute atomic E-state index is 0.309. The number of aryl methyl sites for hydroxylation is 1. The average molecular weight is 311 g/mol. The van der Waals surface area contributed by atoms with Gasteiger partial charge in [0.05, 0.1) is 17.8 Å². The molecule has 0 bridgehead atoms. The van der Waals surface area contributed by atoms with Crippen LogP contribution in [0.4, 0.5) is 0 Å². The number of likely N-dealkylation sites (N-methyl/N-ethyl adjacent to an activating group) is 1. The van der Waals surface area contributed by atoms with E-state index in [1.165, 1.54) is 0 Å². The number of ether oxygens (including phenoxy) is 1. The predicted molar refractivity (Wildman–Crippen MR) is 85.1 cm³/mol. The van der Waals surface area contributed by atoms with Crippen LogP contribution in [0.5, 0.6) is 5.75 Å². The third-order valence-corrected chi connectivity index (χ3v) is 4.30. The van der Waals surface area contributed by atoms with Crippen LogP contribution < -0.4 is 10.1 Å². The molecule has 0 saturated carbocycles. The Morgan fingerprint density at radius 2 is 2.20 bits per heavy atom. The fourth-order valence-electron chi connectivity index (χ4n) is 2.20. The van der Waals surface area contributed by atoms with Crippen molar-refractivity contribution >= 4 is 22.9 Å². The normalized spacial score (nSPS) is 12.4. The summed E-state index contributed by atoms with van der Waals surface area (Å²) in [6.07, 6.45) is 1.76. The summed E-state index contributed by atoms with van der Waals surface area (Å²) in [6.45, 7) is 2.03. The number of halogens is 1. The number of methoxy groups -OCH3 is 1. The second kappa shape index (κ2) is 7.07. The highest BCUT2D eigenvalue weighted by Crippen LogP contribution is 2.24. The van der Waals surface area contributed by atoms with E-state index in [1.807, 2.05) is 32.2 Å². The molecule has 1 N–H and O–H groups in total. The van der Waals surface area contributed by atoms with Crippen LogP contribution in [0.15, 0.2) is 23.6 Å². The molecule has 0 spiro atoms. The first-order valence-corrected chi connectivity index (χ1v) is 7.78. The number of aromatic nitrogens is 1. The van der Waals surface area contributed by atoms with Crippen molar-refractivity contribution in [3.05, 3.63) is 44.9 Å². The maximum atomic E-state index is 6.08. The molecule has 0 radical (unpaired) electrons. The van der Waals surface area contributed by atoms with Gasteiger partial charge < -0.3 is 10.1 Å². The van der Waals surface area contributed by atoms with Crippen molar-refractivity contribution in [3.63, 3.8) is 0 Å². The molecule has 2 rings (SSSR count). The zero-order valence-corrected chi connectivity index (χ0v) is 13.5. The summed E-state index contributed by atoms with van der Waals surface area (Å²) in [7, 11) is 3.66. The molecule has 5 heteroatoms. The molecule has 0 fully saturated rings. The lowest BCUT2D eigenvalue weighted by Crippen LogP contribution is -2.30. The highest BCUT2D eigenvalue weighted by molar-refractivity contribution is 7.09. The Bertz CT molecular complexity index is 571. The summed E-state index contributed by atoms with van der Waals surface area (Å²) in [5.41, 5.74) is 2.25. The van der Waals surface area contributed by atoms with Gasteiger partial charge in [0.2, 0.25) is 0 Å². The van der Waals surface area contributed by atoms with Gasteiger partial charge >= 0.3 is 0 Å². The largest absolute Gasteiger partial charge is 0.496 e. The molecule has 0 amide bonds. The predicted octanol–water partition coefficient (Wildman–Crippen LogP) is 3.49. The van der Waals surface area contributed by atoms with Crippen LogP contribution in [0, 0.1) is 6.92 Å². The maximum absolute atomic E-state index is 6.08. The molecule has 1 unspecified atom stereocenters. The molecule has 0 aliphatic heterocycles. The Hall–Kier alpha value is -1.10. The lowest BCUT2D eigenvalue weighted by molar-refractivity contribution is 0.405. The van der Waals surface area contributed by atoms with Gasteiger partial charge in [0.25, 0.3) is 0 Å². The van der Waals surface area contributed by atoms with Crippen LogP contribution in [-0.4, -0.2) is 25.2 Å². The Morgan fingerprint density at radius 1 is 1.40 bits per heavy atom. The minimum Gasteiger partial charge on any atom is -0.496 e. The summed E-state index contributed by atoms with van der Waals surface area (Å²) in [6, 6.07) is 6.04. The first-order valence-electron chi connectivity index (χ1n) is 6.53. The monoisotopic (exact) mass is 310 g/mol. The molecule has 1 atom stereocenters. The van der Waals surface area contributed by atoms with Crippen molar-refractivity contribution in [2.24, 2.45) is 0 Å². The van der Waals surface area contributed by atoms with E-state index in [9.17, 15) is 0 Å². The van der Waals surface area contributed by atoms with Crippen molar-refractivity contribution in [3.8, 4) is 5.75 Å². The molecule has 3 nitrogen and oxygen atoms in total. The quantitative estimate of drug-likeness (QED) is 0.887. The third kappa shape index (κ3) is 3.95. The van der Waals surface area contributed by atoms with E-state index in [2.05, 4.69) is 15.7 Å². The molecule has 20 heavy (non-hydrogen) atoms. The maximum Gasteiger partial charge on any atom is 0.122 e. The molecule has 0 aliphatic carbocycles. The van der Waals surface area contributed by atoms with Crippen molar-refractivity contribution in [2.45, 2.75) is 25.8 Å². The van der Waals surface area contributed by atoms with Gasteiger partial charge in [0.15, 0.2) is 0 Å². The van der Waals surface area contributed by atoms with E-state index in [4.69, 9.17) is 16.3 Å². The molecule has 108 valence electrons. The Balaban J connectivity index is 2.11. The summed E-state index contributed by atoms with van der Waals surface area (Å²) in [5.74, 6) is 0.879. The van der Waals surface area contributed by atoms with Gasteiger partial charge in [-0.25, -0.2) is 4.98 Å². The van der Waals surface area contributed by atoms with E-state index in [-0.39, 0.29) is 0 Å². The molecule has 1 aromatic carbocycles. The lowest BCUT2D eigenvalue weighted by Gasteiger charge is -2.17. The fourth-order valence-corrected chi connectivity index (χ4v) is 3.02. The lowest BCUT2D eigenvalue weighted by atomic mass is 10.0. The summed E-state index contributed by atoms with van der Waals surface area (Å²) in [5, 5.41) is 7.31. The Morgan fingerprint density at radius 3 is 2.80 bits per heavy atom. The topological polar surface area (TPSA) is 34.2 Å². The van der Waals surface area contributed by atoms with Gasteiger partial charge in [-0.2, -0.15) is 0 Å². The van der Waals surface area contributed by atoms with Crippen LogP contribution in [-0.2, 0) is 12.8 Å². The molecule has 0 aliphatic rings. The first-order chi connectivity index (χ1) is 9.62. The minimum atomic E-state index is 0.309. The van der Waals surface area contributed by atoms with Gasteiger partial charge in [-0.05, 0) is 44.2 Å². The zero-order valence-electron chi connectivity index (χ0n) is 11.9. The highest BCUT2D eigenvalue weighted by atomic mass is 35.5. The number of hydrogen-bond acceptors (Lipinski definition) is 4. The van der Waals surface area contributed by atoms with Crippen LogP contribution in [0.1, 0.15) is 16.3 Å². The van der Waals surface area contributed by atoms with Crippen LogP contribution in [0.25, 0.3) is 0 Å². The SMILES string of the molecule is CNC(Cc1csc(C)n1)Cc1cc(Cl)ccc1OC. The molecule has 1 aromatic heterocycles. The number of rotatable bonds is 6. The average Bonchev–Trinajstić information content (AvgIpc) is 2.83. The van der Waals surface area contributed by atoms with Crippen molar-refractivity contribution in [1.29, 1.82) is 0 Å². The van der Waals surface area contributed by atoms with E-state index in [0.29, 0.717) is 6.04 Å². The summed E-state index contributed by atoms with van der Waals surface area (Å²) in [4.78, 5) is 4.52. The second-order valence-electron chi connectivity index (χ2n) is 4.71.